The Morgan fingerprint density at radius 1 is 0.946 bits per heavy atom. The largest absolute Gasteiger partial charge is 0.495 e. The van der Waals surface area contributed by atoms with E-state index in [1.165, 1.54) is 40.7 Å². The lowest BCUT2D eigenvalue weighted by Gasteiger charge is -2.40. The first-order valence-corrected chi connectivity index (χ1v) is 14.1. The molecular weight excluding hydrogens is 510 g/mol. The molecule has 0 unspecified atom stereocenters. The number of sulfonamides is 1. The van der Waals surface area contributed by atoms with Crippen LogP contribution in [0.5, 0.6) is 5.75 Å². The molecule has 0 bridgehead atoms. The molecule has 1 aliphatic rings. The van der Waals surface area contributed by atoms with Crippen LogP contribution in [-0.4, -0.2) is 74.8 Å². The van der Waals surface area contributed by atoms with Crippen LogP contribution in [0.25, 0.3) is 0 Å². The third kappa shape index (κ3) is 6.15. The molecule has 1 amide bonds. The summed E-state index contributed by atoms with van der Waals surface area (Å²) in [7, 11) is -2.43. The maximum atomic E-state index is 13.2. The van der Waals surface area contributed by atoms with Gasteiger partial charge in [0.2, 0.25) is 15.9 Å². The Morgan fingerprint density at radius 3 is 2.00 bits per heavy atom. The first-order chi connectivity index (χ1) is 17.8. The second-order valence-corrected chi connectivity index (χ2v) is 11.2. The smallest absolute Gasteiger partial charge is 0.243 e. The Morgan fingerprint density at radius 2 is 1.51 bits per heavy atom. The Balaban J connectivity index is 1.44. The highest BCUT2D eigenvalue weighted by Gasteiger charge is 2.31. The van der Waals surface area contributed by atoms with Gasteiger partial charge in [-0.3, -0.25) is 9.69 Å². The van der Waals surface area contributed by atoms with Crippen molar-refractivity contribution in [1.82, 2.24) is 14.1 Å². The third-order valence-corrected chi connectivity index (χ3v) is 8.90. The minimum absolute atomic E-state index is 0.0336. The van der Waals surface area contributed by atoms with E-state index < -0.39 is 10.0 Å². The van der Waals surface area contributed by atoms with E-state index in [1.807, 2.05) is 36.4 Å². The quantitative estimate of drug-likeness (QED) is 0.404. The molecule has 37 heavy (non-hydrogen) atoms. The summed E-state index contributed by atoms with van der Waals surface area (Å²) in [6.45, 7) is 4.10. The van der Waals surface area contributed by atoms with E-state index in [4.69, 9.17) is 16.3 Å². The summed E-state index contributed by atoms with van der Waals surface area (Å²) in [5.41, 5.74) is 2.41. The van der Waals surface area contributed by atoms with Gasteiger partial charge >= 0.3 is 0 Å². The van der Waals surface area contributed by atoms with Crippen LogP contribution in [0.3, 0.4) is 0 Å². The first-order valence-electron chi connectivity index (χ1n) is 12.3. The molecule has 196 valence electrons. The monoisotopic (exact) mass is 541 g/mol. The molecule has 7 nitrogen and oxygen atoms in total. The minimum atomic E-state index is -3.89. The number of carbonyl (C=O) groups excluding carboxylic acids is 1. The number of benzene rings is 3. The molecule has 1 fully saturated rings. The van der Waals surface area contributed by atoms with E-state index in [0.717, 1.165) is 0 Å². The second kappa shape index (κ2) is 12.1. The maximum Gasteiger partial charge on any atom is 0.243 e. The van der Waals surface area contributed by atoms with E-state index in [-0.39, 0.29) is 35.0 Å². The zero-order valence-corrected chi connectivity index (χ0v) is 22.7. The van der Waals surface area contributed by atoms with Crippen molar-refractivity contribution in [2.45, 2.75) is 17.9 Å². The van der Waals surface area contributed by atoms with Gasteiger partial charge in [-0.2, -0.15) is 4.31 Å². The molecule has 0 N–H and O–H groups in total. The molecule has 4 rings (SSSR count). The number of hydrogen-bond donors (Lipinski definition) is 0. The van der Waals surface area contributed by atoms with E-state index in [9.17, 15) is 13.2 Å². The lowest BCUT2D eigenvalue weighted by Crippen LogP contribution is -2.52. The summed E-state index contributed by atoms with van der Waals surface area (Å²) in [4.78, 5) is 17.3. The molecule has 9 heteroatoms. The molecule has 0 aliphatic carbocycles. The number of carbonyl (C=O) groups is 1. The van der Waals surface area contributed by atoms with Crippen molar-refractivity contribution in [3.8, 4) is 5.75 Å². The van der Waals surface area contributed by atoms with Crippen LogP contribution in [0.1, 0.15) is 24.1 Å². The molecule has 1 saturated heterocycles. The number of piperazine rings is 1. The Hall–Kier alpha value is -2.91. The normalized spacial score (nSPS) is 14.8. The first kappa shape index (κ1) is 27.1. The van der Waals surface area contributed by atoms with Crippen molar-refractivity contribution >= 4 is 27.5 Å². The van der Waals surface area contributed by atoms with Crippen molar-refractivity contribution in [2.75, 3.05) is 46.4 Å². The van der Waals surface area contributed by atoms with Crippen LogP contribution < -0.4 is 4.74 Å². The number of methoxy groups -OCH3 is 1. The van der Waals surface area contributed by atoms with Gasteiger partial charge in [0.15, 0.2) is 0 Å². The molecule has 3 aromatic carbocycles. The molecule has 0 spiro atoms. The summed E-state index contributed by atoms with van der Waals surface area (Å²) in [5.74, 6) is 0.183. The van der Waals surface area contributed by atoms with Crippen molar-refractivity contribution in [2.24, 2.45) is 0 Å². The Bertz CT molecular complexity index is 1260. The van der Waals surface area contributed by atoms with Crippen molar-refractivity contribution in [3.05, 3.63) is 95.0 Å². The number of rotatable bonds is 9. The predicted molar refractivity (Wildman–Crippen MR) is 145 cm³/mol. The van der Waals surface area contributed by atoms with Gasteiger partial charge in [-0.25, -0.2) is 8.42 Å². The number of hydrogen-bond acceptors (Lipinski definition) is 5. The van der Waals surface area contributed by atoms with Crippen LogP contribution in [0.4, 0.5) is 0 Å². The van der Waals surface area contributed by atoms with Crippen LogP contribution in [-0.2, 0) is 14.8 Å². The highest BCUT2D eigenvalue weighted by Crippen LogP contribution is 2.30. The molecular formula is C28H32ClN3O4S. The van der Waals surface area contributed by atoms with Gasteiger partial charge in [-0.1, -0.05) is 79.2 Å². The predicted octanol–water partition coefficient (Wildman–Crippen LogP) is 4.29. The fraction of sp³-hybridized carbons (Fsp3) is 0.321. The second-order valence-electron chi connectivity index (χ2n) is 8.87. The lowest BCUT2D eigenvalue weighted by atomic mass is 9.96. The number of nitrogens with zero attached hydrogens (tertiary/aromatic N) is 3. The highest BCUT2D eigenvalue weighted by atomic mass is 35.5. The van der Waals surface area contributed by atoms with Gasteiger partial charge in [0.25, 0.3) is 0 Å². The average molecular weight is 542 g/mol. The van der Waals surface area contributed by atoms with Gasteiger partial charge in [0.05, 0.1) is 29.6 Å². The van der Waals surface area contributed by atoms with Crippen molar-refractivity contribution in [3.63, 3.8) is 0 Å². The van der Waals surface area contributed by atoms with E-state index in [2.05, 4.69) is 29.2 Å². The van der Waals surface area contributed by atoms with Crippen LogP contribution in [0.15, 0.2) is 83.8 Å². The molecule has 0 aromatic heterocycles. The molecule has 0 atom stereocenters. The standard InChI is InChI=1S/C28H32ClN3O4S/c1-3-32(37(34,35)24-14-15-26(36-2)25(29)20-24)21-27(33)30-16-18-31(19-17-30)28(22-10-6-4-7-11-22)23-12-8-5-9-13-23/h4-15,20,28H,3,16-19,21H2,1-2H3. The van der Waals surface area contributed by atoms with Crippen LogP contribution >= 0.6 is 11.6 Å². The molecule has 1 aliphatic heterocycles. The van der Waals surface area contributed by atoms with Gasteiger partial charge < -0.3 is 9.64 Å². The number of ether oxygens (including phenoxy) is 1. The summed E-state index contributed by atoms with van der Waals surface area (Å²) in [6, 6.07) is 25.1. The SMILES string of the molecule is CCN(CC(=O)N1CCN(C(c2ccccc2)c2ccccc2)CC1)S(=O)(=O)c1ccc(OC)c(Cl)c1. The van der Waals surface area contributed by atoms with Gasteiger partial charge in [0.1, 0.15) is 5.75 Å². The van der Waals surface area contributed by atoms with Crippen LogP contribution in [0.2, 0.25) is 5.02 Å². The molecule has 0 radical (unpaired) electrons. The summed E-state index contributed by atoms with van der Waals surface area (Å²) >= 11 is 6.15. The molecule has 3 aromatic rings. The van der Waals surface area contributed by atoms with E-state index in [1.54, 1.807) is 11.8 Å². The minimum Gasteiger partial charge on any atom is -0.495 e. The zero-order valence-electron chi connectivity index (χ0n) is 21.1. The Labute approximate surface area is 224 Å². The van der Waals surface area contributed by atoms with Crippen LogP contribution in [0, 0.1) is 0 Å². The van der Waals surface area contributed by atoms with Gasteiger partial charge in [0, 0.05) is 32.7 Å². The molecule has 0 saturated carbocycles. The summed E-state index contributed by atoms with van der Waals surface area (Å²) in [5, 5.41) is 0.202. The number of likely N-dealkylation sites (N-methyl/N-ethyl adjacent to an activating group) is 1. The van der Waals surface area contributed by atoms with E-state index in [0.29, 0.717) is 31.9 Å². The number of halogens is 1. The van der Waals surface area contributed by atoms with Crippen molar-refractivity contribution < 1.29 is 17.9 Å². The summed E-state index contributed by atoms with van der Waals surface area (Å²) in [6.07, 6.45) is 0. The van der Waals surface area contributed by atoms with Gasteiger partial charge in [-0.15, -0.1) is 0 Å². The zero-order chi connectivity index (χ0) is 26.4. The maximum absolute atomic E-state index is 13.2. The molecule has 1 heterocycles. The van der Waals surface area contributed by atoms with E-state index >= 15 is 0 Å². The highest BCUT2D eigenvalue weighted by molar-refractivity contribution is 7.89. The fourth-order valence-corrected chi connectivity index (χ4v) is 6.44. The number of amides is 1. The average Bonchev–Trinajstić information content (AvgIpc) is 2.93. The fourth-order valence-electron chi connectivity index (χ4n) is 4.69. The van der Waals surface area contributed by atoms with Gasteiger partial charge in [-0.05, 0) is 29.3 Å². The van der Waals surface area contributed by atoms with Crippen molar-refractivity contribution in [1.29, 1.82) is 0 Å². The Kier molecular flexibility index (Phi) is 8.87. The summed E-state index contributed by atoms with van der Waals surface area (Å²) < 4.78 is 32.8. The lowest BCUT2D eigenvalue weighted by molar-refractivity contribution is -0.133. The topological polar surface area (TPSA) is 70.2 Å². The third-order valence-electron chi connectivity index (χ3n) is 6.69.